The summed E-state index contributed by atoms with van der Waals surface area (Å²) in [7, 11) is 2.01. The van der Waals surface area contributed by atoms with Crippen molar-refractivity contribution < 1.29 is 0 Å². The maximum absolute atomic E-state index is 4.17. The Kier molecular flexibility index (Phi) is 2.61. The zero-order valence-corrected chi connectivity index (χ0v) is 9.57. The van der Waals surface area contributed by atoms with Crippen LogP contribution in [0.2, 0.25) is 0 Å². The second-order valence-corrected chi connectivity index (χ2v) is 4.75. The minimum Gasteiger partial charge on any atom is -0.313 e. The van der Waals surface area contributed by atoms with Crippen LogP contribution in [0.5, 0.6) is 0 Å². The Morgan fingerprint density at radius 3 is 2.93 bits per heavy atom. The SMILES string of the molecule is CNC1C=C(n2cncn2)CCC1(C)C. The zero-order chi connectivity index (χ0) is 10.9. The van der Waals surface area contributed by atoms with Crippen LogP contribution in [0.15, 0.2) is 18.7 Å². The van der Waals surface area contributed by atoms with E-state index in [-0.39, 0.29) is 0 Å². The fourth-order valence-corrected chi connectivity index (χ4v) is 2.13. The topological polar surface area (TPSA) is 42.7 Å². The van der Waals surface area contributed by atoms with Crippen molar-refractivity contribution in [1.29, 1.82) is 0 Å². The molecule has 0 radical (unpaired) electrons. The van der Waals surface area contributed by atoms with Crippen LogP contribution in [0, 0.1) is 5.41 Å². The summed E-state index contributed by atoms with van der Waals surface area (Å²) < 4.78 is 1.86. The van der Waals surface area contributed by atoms with E-state index in [0.29, 0.717) is 11.5 Å². The molecule has 4 nitrogen and oxygen atoms in total. The first kappa shape index (κ1) is 10.4. The van der Waals surface area contributed by atoms with Gasteiger partial charge in [0.1, 0.15) is 12.7 Å². The molecule has 1 aliphatic rings. The molecular formula is C11H18N4. The third-order valence-corrected chi connectivity index (χ3v) is 3.25. The summed E-state index contributed by atoms with van der Waals surface area (Å²) in [5, 5.41) is 7.51. The van der Waals surface area contributed by atoms with E-state index in [1.807, 2.05) is 11.7 Å². The Morgan fingerprint density at radius 1 is 1.53 bits per heavy atom. The highest BCUT2D eigenvalue weighted by atomic mass is 15.3. The summed E-state index contributed by atoms with van der Waals surface area (Å²) in [6, 6.07) is 0.408. The van der Waals surface area contributed by atoms with Gasteiger partial charge in [-0.2, -0.15) is 5.10 Å². The molecule has 1 heterocycles. The molecule has 0 saturated carbocycles. The van der Waals surface area contributed by atoms with Crippen LogP contribution < -0.4 is 5.32 Å². The third kappa shape index (κ3) is 1.95. The minimum atomic E-state index is 0.318. The van der Waals surface area contributed by atoms with Crippen LogP contribution >= 0.6 is 0 Å². The van der Waals surface area contributed by atoms with Crippen molar-refractivity contribution in [3.63, 3.8) is 0 Å². The van der Waals surface area contributed by atoms with Crippen molar-refractivity contribution >= 4 is 5.70 Å². The van der Waals surface area contributed by atoms with Gasteiger partial charge in [-0.25, -0.2) is 9.67 Å². The first-order chi connectivity index (χ1) is 7.13. The first-order valence-corrected chi connectivity index (χ1v) is 5.36. The maximum Gasteiger partial charge on any atom is 0.138 e. The largest absolute Gasteiger partial charge is 0.313 e. The predicted molar refractivity (Wildman–Crippen MR) is 60.2 cm³/mol. The van der Waals surface area contributed by atoms with Gasteiger partial charge in [-0.3, -0.25) is 0 Å². The summed E-state index contributed by atoms with van der Waals surface area (Å²) in [5.74, 6) is 0. The number of allylic oxidation sites excluding steroid dienone is 1. The number of hydrogen-bond acceptors (Lipinski definition) is 3. The van der Waals surface area contributed by atoms with Gasteiger partial charge >= 0.3 is 0 Å². The standard InChI is InChI=1S/C11H18N4/c1-11(2)5-4-9(6-10(11)12-3)15-8-13-7-14-15/h6-8,10,12H,4-5H2,1-3H3. The van der Waals surface area contributed by atoms with Gasteiger partial charge in [0.05, 0.1) is 0 Å². The molecule has 0 amide bonds. The number of rotatable bonds is 2. The van der Waals surface area contributed by atoms with Crippen molar-refractivity contribution in [2.24, 2.45) is 5.41 Å². The summed E-state index contributed by atoms with van der Waals surface area (Å²) >= 11 is 0. The van der Waals surface area contributed by atoms with Crippen molar-refractivity contribution in [3.8, 4) is 0 Å². The van der Waals surface area contributed by atoms with E-state index in [4.69, 9.17) is 0 Å². The van der Waals surface area contributed by atoms with Crippen LogP contribution in [0.4, 0.5) is 0 Å². The molecule has 0 saturated heterocycles. The monoisotopic (exact) mass is 206 g/mol. The highest BCUT2D eigenvalue weighted by molar-refractivity contribution is 5.47. The van der Waals surface area contributed by atoms with E-state index in [0.717, 1.165) is 6.42 Å². The molecule has 0 aliphatic heterocycles. The molecule has 0 bridgehead atoms. The van der Waals surface area contributed by atoms with E-state index in [1.54, 1.807) is 12.7 Å². The summed E-state index contributed by atoms with van der Waals surface area (Å²) in [6.07, 6.45) is 7.84. The Bertz CT molecular complexity index is 351. The molecule has 2 rings (SSSR count). The van der Waals surface area contributed by atoms with Gasteiger partial charge in [-0.15, -0.1) is 0 Å². The van der Waals surface area contributed by atoms with Crippen molar-refractivity contribution in [1.82, 2.24) is 20.1 Å². The maximum atomic E-state index is 4.17. The molecule has 4 heteroatoms. The molecule has 0 fully saturated rings. The summed E-state index contributed by atoms with van der Waals surface area (Å²) in [6.45, 7) is 4.59. The van der Waals surface area contributed by atoms with Crippen molar-refractivity contribution in [2.75, 3.05) is 7.05 Å². The van der Waals surface area contributed by atoms with Gasteiger partial charge in [0.25, 0.3) is 0 Å². The van der Waals surface area contributed by atoms with Gasteiger partial charge in [0.15, 0.2) is 0 Å². The van der Waals surface area contributed by atoms with Crippen molar-refractivity contribution in [2.45, 2.75) is 32.7 Å². The van der Waals surface area contributed by atoms with Crippen LogP contribution in [0.1, 0.15) is 26.7 Å². The smallest absolute Gasteiger partial charge is 0.138 e. The van der Waals surface area contributed by atoms with E-state index < -0.39 is 0 Å². The Labute approximate surface area is 90.4 Å². The normalized spacial score (nSPS) is 25.0. The first-order valence-electron chi connectivity index (χ1n) is 5.36. The molecule has 0 spiro atoms. The molecule has 1 aromatic heterocycles. The molecule has 15 heavy (non-hydrogen) atoms. The molecule has 0 aromatic carbocycles. The fraction of sp³-hybridized carbons (Fsp3) is 0.636. The lowest BCUT2D eigenvalue weighted by Crippen LogP contribution is -2.41. The number of aromatic nitrogens is 3. The molecule has 1 aliphatic carbocycles. The average Bonchev–Trinajstić information content (AvgIpc) is 2.70. The number of nitrogens with zero attached hydrogens (tertiary/aromatic N) is 3. The molecule has 82 valence electrons. The second-order valence-electron chi connectivity index (χ2n) is 4.75. The van der Waals surface area contributed by atoms with E-state index in [9.17, 15) is 0 Å². The Balaban J connectivity index is 2.26. The summed E-state index contributed by atoms with van der Waals surface area (Å²) in [4.78, 5) is 3.98. The lowest BCUT2D eigenvalue weighted by Gasteiger charge is -2.36. The van der Waals surface area contributed by atoms with Crippen LogP contribution in [0.25, 0.3) is 5.70 Å². The third-order valence-electron chi connectivity index (χ3n) is 3.25. The minimum absolute atomic E-state index is 0.318. The van der Waals surface area contributed by atoms with Crippen LogP contribution in [0.3, 0.4) is 0 Å². The second kappa shape index (κ2) is 3.77. The zero-order valence-electron chi connectivity index (χ0n) is 9.57. The Morgan fingerprint density at radius 2 is 2.33 bits per heavy atom. The quantitative estimate of drug-likeness (QED) is 0.798. The van der Waals surface area contributed by atoms with Gasteiger partial charge in [-0.1, -0.05) is 13.8 Å². The van der Waals surface area contributed by atoms with Crippen molar-refractivity contribution in [3.05, 3.63) is 18.7 Å². The number of likely N-dealkylation sites (N-methyl/N-ethyl adjacent to an activating group) is 1. The summed E-state index contributed by atoms with van der Waals surface area (Å²) in [5.41, 5.74) is 1.56. The number of hydrogen-bond donors (Lipinski definition) is 1. The predicted octanol–water partition coefficient (Wildman–Crippen LogP) is 1.53. The fourth-order valence-electron chi connectivity index (χ4n) is 2.13. The molecule has 1 unspecified atom stereocenters. The highest BCUT2D eigenvalue weighted by Crippen LogP contribution is 2.35. The average molecular weight is 206 g/mol. The van der Waals surface area contributed by atoms with E-state index >= 15 is 0 Å². The highest BCUT2D eigenvalue weighted by Gasteiger charge is 2.31. The molecule has 1 atom stereocenters. The van der Waals surface area contributed by atoms with E-state index in [2.05, 4.69) is 35.3 Å². The molecule has 1 aromatic rings. The molecule has 1 N–H and O–H groups in total. The van der Waals surface area contributed by atoms with Gasteiger partial charge in [-0.05, 0) is 31.4 Å². The van der Waals surface area contributed by atoms with Gasteiger partial charge < -0.3 is 5.32 Å². The van der Waals surface area contributed by atoms with Gasteiger partial charge in [0.2, 0.25) is 0 Å². The van der Waals surface area contributed by atoms with Gasteiger partial charge in [0, 0.05) is 11.7 Å². The lowest BCUT2D eigenvalue weighted by atomic mass is 9.76. The van der Waals surface area contributed by atoms with Crippen LogP contribution in [-0.4, -0.2) is 27.9 Å². The lowest BCUT2D eigenvalue weighted by molar-refractivity contribution is 0.261. The Hall–Kier alpha value is -1.16. The number of nitrogens with one attached hydrogen (secondary N) is 1. The van der Waals surface area contributed by atoms with E-state index in [1.165, 1.54) is 12.1 Å². The van der Waals surface area contributed by atoms with Crippen LogP contribution in [-0.2, 0) is 0 Å². The molecular weight excluding hydrogens is 188 g/mol.